The zero-order valence-electron chi connectivity index (χ0n) is 14.6. The fourth-order valence-electron chi connectivity index (χ4n) is 3.96. The van der Waals surface area contributed by atoms with Crippen molar-refractivity contribution in [3.8, 4) is 0 Å². The molecule has 1 N–H and O–H groups in total. The number of fused-ring (bicyclic) bond motifs is 1. The van der Waals surface area contributed by atoms with Crippen LogP contribution in [-0.4, -0.2) is 40.1 Å². The zero-order valence-corrected chi connectivity index (χ0v) is 14.6. The molecule has 0 bridgehead atoms. The fourth-order valence-corrected chi connectivity index (χ4v) is 3.96. The second-order valence-corrected chi connectivity index (χ2v) is 7.13. The van der Waals surface area contributed by atoms with Crippen LogP contribution in [0.1, 0.15) is 35.7 Å². The number of nitrogens with one attached hydrogen (secondary N) is 1. The number of nitrogens with zero attached hydrogens (tertiary/aromatic N) is 3. The minimum absolute atomic E-state index is 0.110. The van der Waals surface area contributed by atoms with Crippen LogP contribution in [0.3, 0.4) is 0 Å². The van der Waals surface area contributed by atoms with Crippen LogP contribution in [0.15, 0.2) is 28.8 Å². The van der Waals surface area contributed by atoms with E-state index in [1.54, 1.807) is 6.92 Å². The summed E-state index contributed by atoms with van der Waals surface area (Å²) < 4.78 is 5.06. The fraction of sp³-hybridized carbons (Fsp3) is 0.526. The van der Waals surface area contributed by atoms with E-state index in [-0.39, 0.29) is 11.9 Å². The standard InChI is InChI=1S/C19H24N4O2/c1-13-21-18(22-25-13)9-14-5-4-8-23(12-14)19(24)17-10-15-6-2-3-7-16(15)11-20-17/h2-3,6-7,14,17,20H,4-5,8-12H2,1H3. The molecular weight excluding hydrogens is 316 g/mol. The molecule has 0 aliphatic carbocycles. The molecule has 2 aromatic rings. The summed E-state index contributed by atoms with van der Waals surface area (Å²) in [5, 5.41) is 7.40. The van der Waals surface area contributed by atoms with Gasteiger partial charge in [0.25, 0.3) is 0 Å². The summed E-state index contributed by atoms with van der Waals surface area (Å²) in [4.78, 5) is 19.3. The Labute approximate surface area is 147 Å². The number of rotatable bonds is 3. The lowest BCUT2D eigenvalue weighted by Crippen LogP contribution is -2.52. The van der Waals surface area contributed by atoms with Crippen LogP contribution in [0.4, 0.5) is 0 Å². The Hall–Kier alpha value is -2.21. The van der Waals surface area contributed by atoms with Crippen molar-refractivity contribution < 1.29 is 9.32 Å². The van der Waals surface area contributed by atoms with E-state index in [2.05, 4.69) is 39.7 Å². The Balaban J connectivity index is 1.38. The second kappa shape index (κ2) is 6.96. The Kier molecular flexibility index (Phi) is 4.53. The summed E-state index contributed by atoms with van der Waals surface area (Å²) in [5.41, 5.74) is 2.59. The first-order chi connectivity index (χ1) is 12.2. The Morgan fingerprint density at radius 3 is 3.00 bits per heavy atom. The predicted molar refractivity (Wildman–Crippen MR) is 92.8 cm³/mol. The topological polar surface area (TPSA) is 71.3 Å². The first-order valence-corrected chi connectivity index (χ1v) is 9.07. The molecule has 0 saturated carbocycles. The van der Waals surface area contributed by atoms with Gasteiger partial charge in [0, 0.05) is 33.0 Å². The SMILES string of the molecule is Cc1nc(CC2CCCN(C(=O)C3Cc4ccccc4CN3)C2)no1. The van der Waals surface area contributed by atoms with E-state index in [0.29, 0.717) is 11.8 Å². The molecule has 6 heteroatoms. The van der Waals surface area contributed by atoms with Crippen molar-refractivity contribution in [1.82, 2.24) is 20.4 Å². The number of hydrogen-bond donors (Lipinski definition) is 1. The highest BCUT2D eigenvalue weighted by molar-refractivity contribution is 5.82. The van der Waals surface area contributed by atoms with Gasteiger partial charge >= 0.3 is 0 Å². The molecule has 2 aliphatic heterocycles. The average Bonchev–Trinajstić information content (AvgIpc) is 3.05. The maximum Gasteiger partial charge on any atom is 0.240 e. The highest BCUT2D eigenvalue weighted by atomic mass is 16.5. The number of hydrogen-bond acceptors (Lipinski definition) is 5. The lowest BCUT2D eigenvalue weighted by atomic mass is 9.92. The molecule has 25 heavy (non-hydrogen) atoms. The summed E-state index contributed by atoms with van der Waals surface area (Å²) in [6, 6.07) is 8.26. The molecule has 1 aromatic carbocycles. The third-order valence-corrected chi connectivity index (χ3v) is 5.25. The smallest absolute Gasteiger partial charge is 0.240 e. The van der Waals surface area contributed by atoms with Gasteiger partial charge < -0.3 is 14.7 Å². The highest BCUT2D eigenvalue weighted by Gasteiger charge is 2.31. The van der Waals surface area contributed by atoms with Gasteiger partial charge in [0.15, 0.2) is 5.82 Å². The van der Waals surface area contributed by atoms with Crippen molar-refractivity contribution in [3.05, 3.63) is 47.1 Å². The number of carbonyl (C=O) groups is 1. The molecule has 132 valence electrons. The van der Waals surface area contributed by atoms with E-state index in [1.165, 1.54) is 11.1 Å². The van der Waals surface area contributed by atoms with Gasteiger partial charge in [-0.15, -0.1) is 0 Å². The summed E-state index contributed by atoms with van der Waals surface area (Å²) >= 11 is 0. The summed E-state index contributed by atoms with van der Waals surface area (Å²) in [5.74, 6) is 1.99. The Bertz CT molecular complexity index is 757. The van der Waals surface area contributed by atoms with Gasteiger partial charge in [0.2, 0.25) is 11.8 Å². The van der Waals surface area contributed by atoms with Crippen LogP contribution >= 0.6 is 0 Å². The van der Waals surface area contributed by atoms with Crippen molar-refractivity contribution in [1.29, 1.82) is 0 Å². The molecule has 3 heterocycles. The van der Waals surface area contributed by atoms with Crippen LogP contribution < -0.4 is 5.32 Å². The van der Waals surface area contributed by atoms with Gasteiger partial charge in [-0.3, -0.25) is 4.79 Å². The van der Waals surface area contributed by atoms with Crippen LogP contribution in [0, 0.1) is 12.8 Å². The number of aryl methyl sites for hydroxylation is 1. The summed E-state index contributed by atoms with van der Waals surface area (Å²) in [6.45, 7) is 4.21. The monoisotopic (exact) mass is 340 g/mol. The quantitative estimate of drug-likeness (QED) is 0.924. The molecule has 1 saturated heterocycles. The summed E-state index contributed by atoms with van der Waals surface area (Å²) in [7, 11) is 0. The van der Waals surface area contributed by atoms with Gasteiger partial charge in [-0.2, -0.15) is 4.98 Å². The molecule has 2 unspecified atom stereocenters. The molecule has 2 aliphatic rings. The summed E-state index contributed by atoms with van der Waals surface area (Å²) in [6.07, 6.45) is 3.71. The van der Waals surface area contributed by atoms with Crippen molar-refractivity contribution in [2.75, 3.05) is 13.1 Å². The first kappa shape index (κ1) is 16.3. The maximum absolute atomic E-state index is 13.0. The molecule has 0 radical (unpaired) electrons. The molecule has 2 atom stereocenters. The number of likely N-dealkylation sites (tertiary alicyclic amines) is 1. The minimum Gasteiger partial charge on any atom is -0.341 e. The minimum atomic E-state index is -0.110. The Morgan fingerprint density at radius 1 is 1.36 bits per heavy atom. The van der Waals surface area contributed by atoms with Crippen LogP contribution in [0.5, 0.6) is 0 Å². The number of aromatic nitrogens is 2. The van der Waals surface area contributed by atoms with E-state index < -0.39 is 0 Å². The molecule has 1 aromatic heterocycles. The van der Waals surface area contributed by atoms with E-state index in [4.69, 9.17) is 4.52 Å². The number of piperidine rings is 1. The van der Waals surface area contributed by atoms with Gasteiger partial charge in [0.05, 0.1) is 6.04 Å². The Morgan fingerprint density at radius 2 is 2.20 bits per heavy atom. The van der Waals surface area contributed by atoms with Gasteiger partial charge in [-0.1, -0.05) is 29.4 Å². The van der Waals surface area contributed by atoms with E-state index >= 15 is 0 Å². The van der Waals surface area contributed by atoms with Crippen molar-refractivity contribution >= 4 is 5.91 Å². The van der Waals surface area contributed by atoms with Crippen LogP contribution in [0.2, 0.25) is 0 Å². The lowest BCUT2D eigenvalue weighted by Gasteiger charge is -2.36. The predicted octanol–water partition coefficient (Wildman–Crippen LogP) is 1.87. The molecule has 1 fully saturated rings. The third-order valence-electron chi connectivity index (χ3n) is 5.25. The molecule has 6 nitrogen and oxygen atoms in total. The largest absolute Gasteiger partial charge is 0.341 e. The normalized spacial score (nSPS) is 23.3. The van der Waals surface area contributed by atoms with Crippen molar-refractivity contribution in [3.63, 3.8) is 0 Å². The molecular formula is C19H24N4O2. The van der Waals surface area contributed by atoms with E-state index in [1.807, 2.05) is 4.90 Å². The van der Waals surface area contributed by atoms with Crippen LogP contribution in [0.25, 0.3) is 0 Å². The number of carbonyl (C=O) groups excluding carboxylic acids is 1. The van der Waals surface area contributed by atoms with E-state index in [9.17, 15) is 4.79 Å². The maximum atomic E-state index is 13.0. The number of benzene rings is 1. The van der Waals surface area contributed by atoms with Crippen LogP contribution in [-0.2, 0) is 24.2 Å². The van der Waals surface area contributed by atoms with Gasteiger partial charge in [-0.05, 0) is 36.3 Å². The number of amides is 1. The van der Waals surface area contributed by atoms with Crippen molar-refractivity contribution in [2.24, 2.45) is 5.92 Å². The highest BCUT2D eigenvalue weighted by Crippen LogP contribution is 2.23. The van der Waals surface area contributed by atoms with Gasteiger partial charge in [0.1, 0.15) is 0 Å². The third kappa shape index (κ3) is 3.58. The van der Waals surface area contributed by atoms with Crippen molar-refractivity contribution in [2.45, 2.75) is 45.2 Å². The molecule has 4 rings (SSSR count). The lowest BCUT2D eigenvalue weighted by molar-refractivity contribution is -0.135. The second-order valence-electron chi connectivity index (χ2n) is 7.13. The molecule has 0 spiro atoms. The first-order valence-electron chi connectivity index (χ1n) is 9.07. The molecule has 1 amide bonds. The average molecular weight is 340 g/mol. The van der Waals surface area contributed by atoms with Gasteiger partial charge in [-0.25, -0.2) is 0 Å². The van der Waals surface area contributed by atoms with E-state index in [0.717, 1.165) is 51.1 Å². The zero-order chi connectivity index (χ0) is 17.2.